The van der Waals surface area contributed by atoms with E-state index < -0.39 is 0 Å². The van der Waals surface area contributed by atoms with Gasteiger partial charge in [0.15, 0.2) is 6.20 Å². The van der Waals surface area contributed by atoms with Crippen molar-refractivity contribution in [1.29, 1.82) is 0 Å². The minimum absolute atomic E-state index is 0.661. The molecule has 0 N–H and O–H groups in total. The summed E-state index contributed by atoms with van der Waals surface area (Å²) in [7, 11) is 2.16. The Morgan fingerprint density at radius 2 is 1.70 bits per heavy atom. The number of fused-ring (bicyclic) bond motifs is 3. The fraction of sp³-hybridized carbons (Fsp3) is 0.360. The monoisotopic (exact) mass is 357 g/mol. The lowest BCUT2D eigenvalue weighted by molar-refractivity contribution is -0.660. The number of pyridine rings is 2. The summed E-state index contributed by atoms with van der Waals surface area (Å²) in [5, 5.41) is 0. The van der Waals surface area contributed by atoms with Gasteiger partial charge >= 0.3 is 0 Å². The van der Waals surface area contributed by atoms with Gasteiger partial charge in [-0.15, -0.1) is 0 Å². The predicted octanol–water partition coefficient (Wildman–Crippen LogP) is 5.27. The summed E-state index contributed by atoms with van der Waals surface area (Å²) in [5.74, 6) is 0.661. The van der Waals surface area contributed by atoms with Gasteiger partial charge in [0.25, 0.3) is 0 Å². The molecule has 0 amide bonds. The fourth-order valence-electron chi connectivity index (χ4n) is 4.42. The highest BCUT2D eigenvalue weighted by Gasteiger charge is 2.25. The average Bonchev–Trinajstić information content (AvgIpc) is 2.96. The Balaban J connectivity index is 1.84. The molecule has 1 aliphatic carbocycles. The molecule has 1 aliphatic rings. The Labute approximate surface area is 162 Å². The number of nitrogens with zero attached hydrogens (tertiary/aromatic N) is 2. The standard InChI is InChI=1S/C25H29N2/c1-15(2)11-19-12-25(27(6)14-16(19)3)20-9-10-21-22-8-7-17(4)26-24(22)13-23(21)18(20)5/h7-10,12,14-15H,11,13H2,1-6H3/q+1. The number of hydrogen-bond donors (Lipinski definition) is 0. The highest BCUT2D eigenvalue weighted by Crippen LogP contribution is 2.40. The molecule has 2 aromatic heterocycles. The lowest BCUT2D eigenvalue weighted by Crippen LogP contribution is -2.32. The molecule has 27 heavy (non-hydrogen) atoms. The smallest absolute Gasteiger partial charge is 0.212 e. The average molecular weight is 358 g/mol. The molecule has 138 valence electrons. The van der Waals surface area contributed by atoms with Crippen LogP contribution in [0.25, 0.3) is 22.4 Å². The van der Waals surface area contributed by atoms with Crippen LogP contribution in [0.15, 0.2) is 36.5 Å². The third-order valence-electron chi connectivity index (χ3n) is 5.84. The van der Waals surface area contributed by atoms with Crippen LogP contribution >= 0.6 is 0 Å². The first-order valence-electron chi connectivity index (χ1n) is 9.94. The Morgan fingerprint density at radius 1 is 1.00 bits per heavy atom. The predicted molar refractivity (Wildman–Crippen MR) is 112 cm³/mol. The number of rotatable bonds is 3. The van der Waals surface area contributed by atoms with Gasteiger partial charge in [0.1, 0.15) is 7.05 Å². The van der Waals surface area contributed by atoms with E-state index in [0.29, 0.717) is 5.92 Å². The molecular formula is C25H29N2+. The minimum Gasteiger partial charge on any atom is -0.257 e. The summed E-state index contributed by atoms with van der Waals surface area (Å²) >= 11 is 0. The zero-order valence-corrected chi connectivity index (χ0v) is 17.4. The van der Waals surface area contributed by atoms with Gasteiger partial charge in [0.05, 0.1) is 5.69 Å². The van der Waals surface area contributed by atoms with Gasteiger partial charge in [-0.1, -0.05) is 26.0 Å². The van der Waals surface area contributed by atoms with Crippen LogP contribution < -0.4 is 4.57 Å². The second-order valence-corrected chi connectivity index (χ2v) is 8.46. The molecule has 3 aromatic rings. The van der Waals surface area contributed by atoms with Crippen LogP contribution in [0.2, 0.25) is 0 Å². The number of aromatic nitrogens is 2. The second-order valence-electron chi connectivity index (χ2n) is 8.46. The summed E-state index contributed by atoms with van der Waals surface area (Å²) < 4.78 is 2.28. The van der Waals surface area contributed by atoms with Gasteiger partial charge in [-0.05, 0) is 67.5 Å². The SMILES string of the molecule is Cc1ccc2c(n1)Cc1c-2ccc(-c2cc(CC(C)C)c(C)c[n+]2C)c1C. The normalized spacial score (nSPS) is 12.4. The van der Waals surface area contributed by atoms with Crippen molar-refractivity contribution < 1.29 is 4.57 Å². The lowest BCUT2D eigenvalue weighted by atomic mass is 9.92. The van der Waals surface area contributed by atoms with Crippen molar-refractivity contribution in [2.75, 3.05) is 0 Å². The summed E-state index contributed by atoms with van der Waals surface area (Å²) in [5.41, 5.74) is 13.3. The zero-order chi connectivity index (χ0) is 19.3. The fourth-order valence-corrected chi connectivity index (χ4v) is 4.42. The van der Waals surface area contributed by atoms with Crippen molar-refractivity contribution in [3.8, 4) is 22.4 Å². The van der Waals surface area contributed by atoms with Gasteiger partial charge in [-0.2, -0.15) is 0 Å². The van der Waals surface area contributed by atoms with E-state index in [9.17, 15) is 0 Å². The molecule has 4 rings (SSSR count). The lowest BCUT2D eigenvalue weighted by Gasteiger charge is -2.13. The van der Waals surface area contributed by atoms with Crippen LogP contribution in [0.3, 0.4) is 0 Å². The largest absolute Gasteiger partial charge is 0.257 e. The molecule has 0 aliphatic heterocycles. The van der Waals surface area contributed by atoms with Gasteiger partial charge in [0, 0.05) is 34.9 Å². The van der Waals surface area contributed by atoms with E-state index >= 15 is 0 Å². The van der Waals surface area contributed by atoms with Gasteiger partial charge < -0.3 is 0 Å². The molecule has 1 aromatic carbocycles. The summed E-state index contributed by atoms with van der Waals surface area (Å²) in [6.07, 6.45) is 4.35. The molecule has 2 heteroatoms. The van der Waals surface area contributed by atoms with E-state index in [1.54, 1.807) is 0 Å². The Bertz CT molecular complexity index is 1040. The first-order valence-corrected chi connectivity index (χ1v) is 9.94. The van der Waals surface area contributed by atoms with Crippen molar-refractivity contribution in [3.05, 3.63) is 70.2 Å². The van der Waals surface area contributed by atoms with Gasteiger partial charge in [-0.3, -0.25) is 4.98 Å². The van der Waals surface area contributed by atoms with Crippen molar-refractivity contribution in [2.24, 2.45) is 13.0 Å². The highest BCUT2D eigenvalue weighted by molar-refractivity contribution is 5.81. The van der Waals surface area contributed by atoms with Crippen LogP contribution in [-0.2, 0) is 19.9 Å². The van der Waals surface area contributed by atoms with Crippen molar-refractivity contribution >= 4 is 0 Å². The van der Waals surface area contributed by atoms with E-state index in [1.165, 1.54) is 50.3 Å². The molecule has 2 heterocycles. The molecule has 0 spiro atoms. The molecule has 0 unspecified atom stereocenters. The second kappa shape index (κ2) is 6.60. The highest BCUT2D eigenvalue weighted by atomic mass is 14.9. The molecule has 0 atom stereocenters. The maximum absolute atomic E-state index is 4.78. The van der Waals surface area contributed by atoms with E-state index in [4.69, 9.17) is 4.98 Å². The first-order chi connectivity index (χ1) is 12.8. The summed E-state index contributed by atoms with van der Waals surface area (Å²) in [4.78, 5) is 4.78. The van der Waals surface area contributed by atoms with E-state index in [1.807, 2.05) is 0 Å². The van der Waals surface area contributed by atoms with Crippen molar-refractivity contribution in [2.45, 2.75) is 47.5 Å². The topological polar surface area (TPSA) is 16.8 Å². The number of hydrogen-bond acceptors (Lipinski definition) is 1. The van der Waals surface area contributed by atoms with Crippen LogP contribution in [0, 0.1) is 26.7 Å². The Kier molecular flexibility index (Phi) is 4.38. The van der Waals surface area contributed by atoms with Crippen LogP contribution in [0.5, 0.6) is 0 Å². The maximum atomic E-state index is 4.78. The van der Waals surface area contributed by atoms with Crippen LogP contribution in [-0.4, -0.2) is 4.98 Å². The van der Waals surface area contributed by atoms with E-state index in [-0.39, 0.29) is 0 Å². The van der Waals surface area contributed by atoms with E-state index in [2.05, 4.69) is 82.8 Å². The van der Waals surface area contributed by atoms with Gasteiger partial charge in [-0.25, -0.2) is 4.57 Å². The molecule has 0 saturated heterocycles. The third-order valence-corrected chi connectivity index (χ3v) is 5.84. The minimum atomic E-state index is 0.661. The first kappa shape index (κ1) is 17.9. The zero-order valence-electron chi connectivity index (χ0n) is 17.4. The Hall–Kier alpha value is -2.48. The molecule has 0 saturated carbocycles. The van der Waals surface area contributed by atoms with Gasteiger partial charge in [0.2, 0.25) is 5.69 Å². The Morgan fingerprint density at radius 3 is 2.44 bits per heavy atom. The molecule has 0 fully saturated rings. The summed E-state index contributed by atoms with van der Waals surface area (Å²) in [6.45, 7) is 11.2. The number of aryl methyl sites for hydroxylation is 3. The molecule has 2 nitrogen and oxygen atoms in total. The van der Waals surface area contributed by atoms with Crippen LogP contribution in [0.1, 0.15) is 47.5 Å². The maximum Gasteiger partial charge on any atom is 0.212 e. The summed E-state index contributed by atoms with van der Waals surface area (Å²) in [6, 6.07) is 11.3. The molecule has 0 bridgehead atoms. The molecular weight excluding hydrogens is 328 g/mol. The van der Waals surface area contributed by atoms with Crippen molar-refractivity contribution in [1.82, 2.24) is 4.98 Å². The van der Waals surface area contributed by atoms with Crippen LogP contribution in [0.4, 0.5) is 0 Å². The molecule has 0 radical (unpaired) electrons. The quantitative estimate of drug-likeness (QED) is 0.457. The van der Waals surface area contributed by atoms with Crippen molar-refractivity contribution in [3.63, 3.8) is 0 Å². The number of benzene rings is 1. The van der Waals surface area contributed by atoms with E-state index in [0.717, 1.165) is 18.5 Å². The third kappa shape index (κ3) is 3.07.